The van der Waals surface area contributed by atoms with Crippen molar-refractivity contribution < 1.29 is 9.50 Å². The molecule has 0 saturated carbocycles. The summed E-state index contributed by atoms with van der Waals surface area (Å²) in [6, 6.07) is 6.73. The van der Waals surface area contributed by atoms with Crippen LogP contribution in [0.1, 0.15) is 46.1 Å². The van der Waals surface area contributed by atoms with E-state index in [0.29, 0.717) is 36.7 Å². The van der Waals surface area contributed by atoms with Gasteiger partial charge in [0.25, 0.3) is 0 Å². The smallest absolute Gasteiger partial charge is 0.126 e. The molecule has 0 amide bonds. The summed E-state index contributed by atoms with van der Waals surface area (Å²) < 4.78 is 13.7. The van der Waals surface area contributed by atoms with E-state index < -0.39 is 5.60 Å². The van der Waals surface area contributed by atoms with Crippen molar-refractivity contribution in [3.63, 3.8) is 0 Å². The van der Waals surface area contributed by atoms with E-state index in [1.165, 1.54) is 6.07 Å². The number of benzene rings is 1. The summed E-state index contributed by atoms with van der Waals surface area (Å²) in [5.41, 5.74) is -0.189. The van der Waals surface area contributed by atoms with Gasteiger partial charge in [-0.05, 0) is 36.3 Å². The minimum atomic E-state index is -0.801. The fourth-order valence-corrected chi connectivity index (χ4v) is 2.74. The fraction of sp³-hybridized carbons (Fsp3) is 0.625. The van der Waals surface area contributed by atoms with Gasteiger partial charge >= 0.3 is 0 Å². The van der Waals surface area contributed by atoms with Crippen molar-refractivity contribution in [2.75, 3.05) is 0 Å². The molecule has 0 bridgehead atoms. The first-order chi connectivity index (χ1) is 8.32. The summed E-state index contributed by atoms with van der Waals surface area (Å²) in [4.78, 5) is 0. The third-order valence-electron chi connectivity index (χ3n) is 3.05. The largest absolute Gasteiger partial charge is 0.390 e. The van der Waals surface area contributed by atoms with Crippen LogP contribution in [0.5, 0.6) is 0 Å². The average Bonchev–Trinajstić information content (AvgIpc) is 2.18. The second kappa shape index (κ2) is 6.33. The predicted molar refractivity (Wildman–Crippen MR) is 74.0 cm³/mol. The molecule has 0 heterocycles. The van der Waals surface area contributed by atoms with Crippen molar-refractivity contribution >= 4 is 0 Å². The number of hydrogen-bond donors (Lipinski definition) is 1. The second-order valence-corrected chi connectivity index (χ2v) is 6.19. The van der Waals surface area contributed by atoms with Gasteiger partial charge in [-0.3, -0.25) is 0 Å². The molecular weight excluding hydrogens is 227 g/mol. The van der Waals surface area contributed by atoms with Crippen molar-refractivity contribution in [3.8, 4) is 0 Å². The van der Waals surface area contributed by atoms with Crippen LogP contribution in [-0.2, 0) is 6.42 Å². The zero-order chi connectivity index (χ0) is 13.8. The lowest BCUT2D eigenvalue weighted by Crippen LogP contribution is -2.35. The van der Waals surface area contributed by atoms with E-state index in [1.807, 2.05) is 6.07 Å². The molecule has 0 fully saturated rings. The van der Waals surface area contributed by atoms with Gasteiger partial charge in [0.1, 0.15) is 5.82 Å². The van der Waals surface area contributed by atoms with Gasteiger partial charge in [0.2, 0.25) is 0 Å². The topological polar surface area (TPSA) is 20.2 Å². The molecule has 2 heteroatoms. The molecule has 1 rings (SSSR count). The first-order valence-electron chi connectivity index (χ1n) is 6.78. The van der Waals surface area contributed by atoms with Crippen molar-refractivity contribution in [2.45, 2.75) is 52.6 Å². The average molecular weight is 252 g/mol. The SMILES string of the molecule is CC(C)CC(O)(Cc1ccccc1F)CC(C)C. The molecule has 0 unspecified atom stereocenters. The lowest BCUT2D eigenvalue weighted by Gasteiger charge is -2.32. The Kier molecular flexibility index (Phi) is 5.33. The highest BCUT2D eigenvalue weighted by atomic mass is 19.1. The predicted octanol–water partition coefficient (Wildman–Crippen LogP) is 4.19. The highest BCUT2D eigenvalue weighted by Gasteiger charge is 2.30. The lowest BCUT2D eigenvalue weighted by atomic mass is 9.80. The Morgan fingerprint density at radius 3 is 2.00 bits per heavy atom. The number of aliphatic hydroxyl groups is 1. The van der Waals surface area contributed by atoms with Gasteiger partial charge in [0, 0.05) is 6.42 Å². The van der Waals surface area contributed by atoms with E-state index in [0.717, 1.165) is 0 Å². The van der Waals surface area contributed by atoms with Crippen LogP contribution in [0.15, 0.2) is 24.3 Å². The second-order valence-electron chi connectivity index (χ2n) is 6.19. The molecule has 0 aromatic heterocycles. The summed E-state index contributed by atoms with van der Waals surface area (Å²) in [5.74, 6) is 0.587. The zero-order valence-corrected chi connectivity index (χ0v) is 11.9. The molecule has 0 aliphatic heterocycles. The Morgan fingerprint density at radius 1 is 1.06 bits per heavy atom. The van der Waals surface area contributed by atoms with Gasteiger partial charge < -0.3 is 5.11 Å². The van der Waals surface area contributed by atoms with Crippen LogP contribution in [0.2, 0.25) is 0 Å². The maximum absolute atomic E-state index is 13.7. The summed E-state index contributed by atoms with van der Waals surface area (Å²) >= 11 is 0. The third kappa shape index (κ3) is 4.77. The van der Waals surface area contributed by atoms with Crippen molar-refractivity contribution in [3.05, 3.63) is 35.6 Å². The van der Waals surface area contributed by atoms with E-state index in [2.05, 4.69) is 27.7 Å². The van der Waals surface area contributed by atoms with Gasteiger partial charge in [0.05, 0.1) is 5.60 Å². The molecule has 0 saturated heterocycles. The van der Waals surface area contributed by atoms with E-state index in [4.69, 9.17) is 0 Å². The molecule has 102 valence electrons. The van der Waals surface area contributed by atoms with Crippen LogP contribution in [0.3, 0.4) is 0 Å². The summed E-state index contributed by atoms with van der Waals surface area (Å²) in [6.45, 7) is 8.36. The van der Waals surface area contributed by atoms with Crippen molar-refractivity contribution in [1.29, 1.82) is 0 Å². The Bertz CT molecular complexity index is 361. The number of rotatable bonds is 6. The molecule has 0 aliphatic rings. The molecule has 0 radical (unpaired) electrons. The Labute approximate surface area is 110 Å². The summed E-state index contributed by atoms with van der Waals surface area (Å²) in [5, 5.41) is 10.8. The fourth-order valence-electron chi connectivity index (χ4n) is 2.74. The zero-order valence-electron chi connectivity index (χ0n) is 11.9. The monoisotopic (exact) mass is 252 g/mol. The quantitative estimate of drug-likeness (QED) is 0.804. The van der Waals surface area contributed by atoms with E-state index in [-0.39, 0.29) is 5.82 Å². The number of halogens is 1. The highest BCUT2D eigenvalue weighted by Crippen LogP contribution is 2.29. The molecule has 0 aliphatic carbocycles. The molecule has 1 aromatic rings. The van der Waals surface area contributed by atoms with Gasteiger partial charge in [-0.1, -0.05) is 45.9 Å². The van der Waals surface area contributed by atoms with E-state index >= 15 is 0 Å². The van der Waals surface area contributed by atoms with Crippen LogP contribution in [0.4, 0.5) is 4.39 Å². The Balaban J connectivity index is 2.87. The molecule has 0 atom stereocenters. The molecule has 0 spiro atoms. The Morgan fingerprint density at radius 2 is 1.56 bits per heavy atom. The van der Waals surface area contributed by atoms with Gasteiger partial charge in [0.15, 0.2) is 0 Å². The lowest BCUT2D eigenvalue weighted by molar-refractivity contribution is 0.0000611. The van der Waals surface area contributed by atoms with Crippen LogP contribution in [0.25, 0.3) is 0 Å². The molecule has 1 N–H and O–H groups in total. The highest BCUT2D eigenvalue weighted by molar-refractivity contribution is 5.19. The molecule has 1 aromatic carbocycles. The van der Waals surface area contributed by atoms with Crippen LogP contribution in [0, 0.1) is 17.7 Å². The van der Waals surface area contributed by atoms with Crippen LogP contribution >= 0.6 is 0 Å². The summed E-state index contributed by atoms with van der Waals surface area (Å²) in [6.07, 6.45) is 1.81. The minimum Gasteiger partial charge on any atom is -0.390 e. The first kappa shape index (κ1) is 15.2. The molecule has 1 nitrogen and oxygen atoms in total. The van der Waals surface area contributed by atoms with E-state index in [9.17, 15) is 9.50 Å². The third-order valence-corrected chi connectivity index (χ3v) is 3.05. The van der Waals surface area contributed by atoms with Crippen LogP contribution in [-0.4, -0.2) is 10.7 Å². The van der Waals surface area contributed by atoms with Crippen molar-refractivity contribution in [2.24, 2.45) is 11.8 Å². The molecule has 18 heavy (non-hydrogen) atoms. The van der Waals surface area contributed by atoms with Gasteiger partial charge in [-0.2, -0.15) is 0 Å². The number of hydrogen-bond acceptors (Lipinski definition) is 1. The summed E-state index contributed by atoms with van der Waals surface area (Å²) in [7, 11) is 0. The minimum absolute atomic E-state index is 0.219. The van der Waals surface area contributed by atoms with Crippen molar-refractivity contribution in [1.82, 2.24) is 0 Å². The maximum Gasteiger partial charge on any atom is 0.126 e. The van der Waals surface area contributed by atoms with E-state index in [1.54, 1.807) is 12.1 Å². The van der Waals surface area contributed by atoms with Crippen LogP contribution < -0.4 is 0 Å². The maximum atomic E-state index is 13.7. The van der Waals surface area contributed by atoms with Gasteiger partial charge in [-0.15, -0.1) is 0 Å². The molecular formula is C16H25FO. The Hall–Kier alpha value is -0.890. The first-order valence-corrected chi connectivity index (χ1v) is 6.78. The van der Waals surface area contributed by atoms with Gasteiger partial charge in [-0.25, -0.2) is 4.39 Å². The normalized spacial score (nSPS) is 12.4. The standard InChI is InChI=1S/C16H25FO/c1-12(2)9-16(18,10-13(3)4)11-14-7-5-6-8-15(14)17/h5-8,12-13,18H,9-11H2,1-4H3.